The molecule has 0 atom stereocenters. The number of furan rings is 1. The van der Waals surface area contributed by atoms with Crippen LogP contribution in [0, 0.1) is 13.8 Å². The van der Waals surface area contributed by atoms with E-state index in [2.05, 4.69) is 10.5 Å². The van der Waals surface area contributed by atoms with Gasteiger partial charge in [0.05, 0.1) is 5.71 Å². The number of carbonyl (C=O) groups excluding carboxylic acids is 1. The van der Waals surface area contributed by atoms with E-state index < -0.39 is 0 Å². The first-order valence-electron chi connectivity index (χ1n) is 6.04. The van der Waals surface area contributed by atoms with Crippen LogP contribution >= 0.6 is 0 Å². The molecule has 2 rings (SSSR count). The molecule has 1 aromatic heterocycles. The van der Waals surface area contributed by atoms with Gasteiger partial charge in [-0.25, -0.2) is 5.43 Å². The van der Waals surface area contributed by atoms with Gasteiger partial charge >= 0.3 is 5.91 Å². The number of hydrogen-bond acceptors (Lipinski definition) is 3. The molecule has 0 fully saturated rings. The zero-order valence-corrected chi connectivity index (χ0v) is 11.2. The van der Waals surface area contributed by atoms with Gasteiger partial charge in [0.25, 0.3) is 0 Å². The predicted octanol–water partition coefficient (Wildman–Crippen LogP) is 3.05. The Bertz CT molecular complexity index is 627. The van der Waals surface area contributed by atoms with Crippen LogP contribution in [0.1, 0.15) is 34.4 Å². The summed E-state index contributed by atoms with van der Waals surface area (Å²) >= 11 is 0. The fourth-order valence-electron chi connectivity index (χ4n) is 1.68. The first-order valence-corrected chi connectivity index (χ1v) is 6.04. The predicted molar refractivity (Wildman–Crippen MR) is 74.3 cm³/mol. The summed E-state index contributed by atoms with van der Waals surface area (Å²) in [6.07, 6.45) is 0. The van der Waals surface area contributed by atoms with Crippen molar-refractivity contribution in [2.75, 3.05) is 0 Å². The molecule has 0 aliphatic carbocycles. The van der Waals surface area contributed by atoms with Crippen molar-refractivity contribution in [3.05, 3.63) is 59.0 Å². The molecule has 0 bridgehead atoms. The highest BCUT2D eigenvalue weighted by molar-refractivity contribution is 6.00. The summed E-state index contributed by atoms with van der Waals surface area (Å²) in [6.45, 7) is 5.65. The highest BCUT2D eigenvalue weighted by atomic mass is 16.3. The average Bonchev–Trinajstić information content (AvgIpc) is 2.82. The molecule has 98 valence electrons. The minimum atomic E-state index is -0.347. The topological polar surface area (TPSA) is 54.6 Å². The van der Waals surface area contributed by atoms with E-state index in [1.807, 2.05) is 38.1 Å². The largest absolute Gasteiger partial charge is 0.456 e. The van der Waals surface area contributed by atoms with Crippen molar-refractivity contribution >= 4 is 11.6 Å². The summed E-state index contributed by atoms with van der Waals surface area (Å²) in [5.41, 5.74) is 5.37. The second-order valence-corrected chi connectivity index (χ2v) is 4.42. The minimum absolute atomic E-state index is 0.262. The number of hydrazone groups is 1. The molecular formula is C15H16N2O2. The van der Waals surface area contributed by atoms with Gasteiger partial charge < -0.3 is 4.42 Å². The first-order chi connectivity index (χ1) is 9.06. The molecule has 0 spiro atoms. The zero-order valence-electron chi connectivity index (χ0n) is 11.2. The van der Waals surface area contributed by atoms with Gasteiger partial charge in [-0.15, -0.1) is 0 Å². The van der Waals surface area contributed by atoms with E-state index in [1.165, 1.54) is 0 Å². The fourth-order valence-corrected chi connectivity index (χ4v) is 1.68. The standard InChI is InChI=1S/C15H16N2O2/c1-10-5-4-6-13(9-10)12(3)16-17-15(18)14-8-7-11(2)19-14/h4-9H,1-3H3,(H,17,18)/b16-12+. The Labute approximate surface area is 112 Å². The van der Waals surface area contributed by atoms with Crippen LogP contribution in [-0.2, 0) is 0 Å². The van der Waals surface area contributed by atoms with E-state index in [4.69, 9.17) is 4.42 Å². The maximum atomic E-state index is 11.7. The number of amides is 1. The van der Waals surface area contributed by atoms with Crippen LogP contribution in [0.25, 0.3) is 0 Å². The molecule has 4 heteroatoms. The fraction of sp³-hybridized carbons (Fsp3) is 0.200. The van der Waals surface area contributed by atoms with Crippen molar-refractivity contribution in [3.8, 4) is 0 Å². The van der Waals surface area contributed by atoms with E-state index in [0.29, 0.717) is 5.76 Å². The van der Waals surface area contributed by atoms with Crippen LogP contribution in [0.5, 0.6) is 0 Å². The quantitative estimate of drug-likeness (QED) is 0.677. The summed E-state index contributed by atoms with van der Waals surface area (Å²) in [6, 6.07) is 11.3. The lowest BCUT2D eigenvalue weighted by Gasteiger charge is -2.02. The van der Waals surface area contributed by atoms with E-state index in [1.54, 1.807) is 19.1 Å². The Hall–Kier alpha value is -2.36. The Balaban J connectivity index is 2.08. The summed E-state index contributed by atoms with van der Waals surface area (Å²) in [4.78, 5) is 11.7. The number of hydrogen-bond donors (Lipinski definition) is 1. The van der Waals surface area contributed by atoms with E-state index in [0.717, 1.165) is 16.8 Å². The van der Waals surface area contributed by atoms with Crippen LogP contribution in [0.15, 0.2) is 45.9 Å². The van der Waals surface area contributed by atoms with Gasteiger partial charge in [-0.1, -0.05) is 29.8 Å². The molecule has 0 aliphatic rings. The van der Waals surface area contributed by atoms with Gasteiger partial charge in [0.1, 0.15) is 5.76 Å². The van der Waals surface area contributed by atoms with Crippen LogP contribution in [-0.4, -0.2) is 11.6 Å². The molecule has 1 N–H and O–H groups in total. The van der Waals surface area contributed by atoms with Crippen molar-refractivity contribution in [1.82, 2.24) is 5.43 Å². The second kappa shape index (κ2) is 5.52. The zero-order chi connectivity index (χ0) is 13.8. The molecule has 0 saturated carbocycles. The second-order valence-electron chi connectivity index (χ2n) is 4.42. The number of benzene rings is 1. The Morgan fingerprint density at radius 2 is 2.00 bits per heavy atom. The monoisotopic (exact) mass is 256 g/mol. The normalized spacial score (nSPS) is 11.4. The maximum Gasteiger partial charge on any atom is 0.307 e. The van der Waals surface area contributed by atoms with E-state index in [-0.39, 0.29) is 11.7 Å². The SMILES string of the molecule is C/C(=N\NC(=O)c1ccc(C)o1)c1cccc(C)c1. The van der Waals surface area contributed by atoms with Gasteiger partial charge in [-0.3, -0.25) is 4.79 Å². The number of aryl methyl sites for hydroxylation is 2. The van der Waals surface area contributed by atoms with Crippen molar-refractivity contribution in [3.63, 3.8) is 0 Å². The summed E-state index contributed by atoms with van der Waals surface area (Å²) in [5.74, 6) is 0.614. The molecule has 4 nitrogen and oxygen atoms in total. The minimum Gasteiger partial charge on any atom is -0.456 e. The van der Waals surface area contributed by atoms with Crippen LogP contribution in [0.2, 0.25) is 0 Å². The van der Waals surface area contributed by atoms with Crippen molar-refractivity contribution < 1.29 is 9.21 Å². The Kier molecular flexibility index (Phi) is 3.80. The van der Waals surface area contributed by atoms with Crippen LogP contribution < -0.4 is 5.43 Å². The molecule has 0 unspecified atom stereocenters. The lowest BCUT2D eigenvalue weighted by molar-refractivity contribution is 0.0926. The number of nitrogens with one attached hydrogen (secondary N) is 1. The van der Waals surface area contributed by atoms with Crippen molar-refractivity contribution in [2.24, 2.45) is 5.10 Å². The van der Waals surface area contributed by atoms with Gasteiger partial charge in [-0.05, 0) is 38.5 Å². The molecular weight excluding hydrogens is 240 g/mol. The van der Waals surface area contributed by atoms with Gasteiger partial charge in [-0.2, -0.15) is 5.10 Å². The number of nitrogens with zero attached hydrogens (tertiary/aromatic N) is 1. The first kappa shape index (κ1) is 13.1. The summed E-state index contributed by atoms with van der Waals surface area (Å²) < 4.78 is 5.22. The molecule has 1 aromatic carbocycles. The average molecular weight is 256 g/mol. The Morgan fingerprint density at radius 1 is 1.21 bits per heavy atom. The summed E-state index contributed by atoms with van der Waals surface area (Å²) in [7, 11) is 0. The molecule has 0 aliphatic heterocycles. The third-order valence-electron chi connectivity index (χ3n) is 2.73. The van der Waals surface area contributed by atoms with Crippen LogP contribution in [0.4, 0.5) is 0 Å². The van der Waals surface area contributed by atoms with Crippen molar-refractivity contribution in [1.29, 1.82) is 0 Å². The molecule has 2 aromatic rings. The lowest BCUT2D eigenvalue weighted by Crippen LogP contribution is -2.18. The molecule has 1 heterocycles. The highest BCUT2D eigenvalue weighted by Crippen LogP contribution is 2.07. The third-order valence-corrected chi connectivity index (χ3v) is 2.73. The number of rotatable bonds is 3. The number of carbonyl (C=O) groups is 1. The van der Waals surface area contributed by atoms with Gasteiger partial charge in [0.2, 0.25) is 0 Å². The van der Waals surface area contributed by atoms with Gasteiger partial charge in [0.15, 0.2) is 5.76 Å². The molecule has 1 amide bonds. The molecule has 19 heavy (non-hydrogen) atoms. The molecule has 0 saturated heterocycles. The molecule has 0 radical (unpaired) electrons. The van der Waals surface area contributed by atoms with Gasteiger partial charge in [0, 0.05) is 0 Å². The van der Waals surface area contributed by atoms with Crippen molar-refractivity contribution in [2.45, 2.75) is 20.8 Å². The smallest absolute Gasteiger partial charge is 0.307 e. The Morgan fingerprint density at radius 3 is 2.63 bits per heavy atom. The summed E-state index contributed by atoms with van der Waals surface area (Å²) in [5, 5.41) is 4.08. The van der Waals surface area contributed by atoms with E-state index in [9.17, 15) is 4.79 Å². The lowest BCUT2D eigenvalue weighted by atomic mass is 10.1. The van der Waals surface area contributed by atoms with E-state index >= 15 is 0 Å². The maximum absolute atomic E-state index is 11.7. The third kappa shape index (κ3) is 3.31. The van der Waals surface area contributed by atoms with Crippen LogP contribution in [0.3, 0.4) is 0 Å². The highest BCUT2D eigenvalue weighted by Gasteiger charge is 2.08.